The van der Waals surface area contributed by atoms with Crippen LogP contribution in [-0.4, -0.2) is 12.5 Å². The van der Waals surface area contributed by atoms with Crippen molar-refractivity contribution in [1.29, 1.82) is 0 Å². The maximum absolute atomic E-state index is 11.5. The van der Waals surface area contributed by atoms with Gasteiger partial charge in [0.2, 0.25) is 5.91 Å². The van der Waals surface area contributed by atoms with E-state index in [9.17, 15) is 4.79 Å². The lowest BCUT2D eigenvalue weighted by Crippen LogP contribution is -2.24. The van der Waals surface area contributed by atoms with E-state index in [0.29, 0.717) is 6.42 Å². The highest BCUT2D eigenvalue weighted by Crippen LogP contribution is 2.02. The fraction of sp³-hybridized carbons (Fsp3) is 0.533. The number of aryl methyl sites for hydroxylation is 1. The molecular formula is C15H23NO. The van der Waals surface area contributed by atoms with Gasteiger partial charge in [-0.05, 0) is 18.4 Å². The van der Waals surface area contributed by atoms with Crippen LogP contribution in [0.5, 0.6) is 0 Å². The number of unbranched alkanes of at least 4 members (excludes halogenated alkanes) is 3. The number of hydrogen-bond donors (Lipinski definition) is 1. The smallest absolute Gasteiger partial charge is 0.220 e. The number of carbonyl (C=O) groups is 1. The molecule has 0 saturated heterocycles. The molecule has 0 bridgehead atoms. The summed E-state index contributed by atoms with van der Waals surface area (Å²) in [6.45, 7) is 3.02. The van der Waals surface area contributed by atoms with Gasteiger partial charge in [-0.2, -0.15) is 0 Å². The quantitative estimate of drug-likeness (QED) is 0.686. The van der Waals surface area contributed by atoms with Crippen LogP contribution in [0.1, 0.15) is 44.6 Å². The predicted octanol–water partition coefficient (Wildman–Crippen LogP) is 3.32. The van der Waals surface area contributed by atoms with Crippen molar-refractivity contribution in [3.8, 4) is 0 Å². The molecule has 0 spiro atoms. The van der Waals surface area contributed by atoms with Crippen molar-refractivity contribution in [1.82, 2.24) is 5.32 Å². The summed E-state index contributed by atoms with van der Waals surface area (Å²) in [5.74, 6) is 0.172. The van der Waals surface area contributed by atoms with Crippen molar-refractivity contribution in [3.63, 3.8) is 0 Å². The van der Waals surface area contributed by atoms with Crippen LogP contribution in [0.2, 0.25) is 0 Å². The zero-order valence-corrected chi connectivity index (χ0v) is 10.7. The Balaban J connectivity index is 2.05. The van der Waals surface area contributed by atoms with Gasteiger partial charge >= 0.3 is 0 Å². The maximum Gasteiger partial charge on any atom is 0.220 e. The Morgan fingerprint density at radius 3 is 2.59 bits per heavy atom. The fourth-order valence-electron chi connectivity index (χ4n) is 1.77. The van der Waals surface area contributed by atoms with Gasteiger partial charge < -0.3 is 5.32 Å². The highest BCUT2D eigenvalue weighted by molar-refractivity contribution is 5.76. The van der Waals surface area contributed by atoms with Gasteiger partial charge in [0.1, 0.15) is 0 Å². The van der Waals surface area contributed by atoms with E-state index in [2.05, 4.69) is 24.4 Å². The van der Waals surface area contributed by atoms with E-state index in [1.54, 1.807) is 0 Å². The third-order valence-corrected chi connectivity index (χ3v) is 2.84. The summed E-state index contributed by atoms with van der Waals surface area (Å²) >= 11 is 0. The summed E-state index contributed by atoms with van der Waals surface area (Å²) < 4.78 is 0. The van der Waals surface area contributed by atoms with E-state index in [-0.39, 0.29) is 5.91 Å². The zero-order valence-electron chi connectivity index (χ0n) is 10.7. The fourth-order valence-corrected chi connectivity index (χ4v) is 1.77. The lowest BCUT2D eigenvalue weighted by molar-refractivity contribution is -0.121. The Bertz CT molecular complexity index is 308. The molecule has 0 atom stereocenters. The number of rotatable bonds is 8. The molecule has 0 fully saturated rings. The first kappa shape index (κ1) is 13.8. The van der Waals surface area contributed by atoms with E-state index in [4.69, 9.17) is 0 Å². The van der Waals surface area contributed by atoms with E-state index in [1.807, 2.05) is 18.2 Å². The average Bonchev–Trinajstić information content (AvgIpc) is 2.37. The van der Waals surface area contributed by atoms with E-state index >= 15 is 0 Å². The molecule has 0 heterocycles. The van der Waals surface area contributed by atoms with Gasteiger partial charge in [0.25, 0.3) is 0 Å². The number of nitrogens with one attached hydrogen (secondary N) is 1. The first-order valence-corrected chi connectivity index (χ1v) is 6.63. The predicted molar refractivity (Wildman–Crippen MR) is 71.9 cm³/mol. The third kappa shape index (κ3) is 6.77. The van der Waals surface area contributed by atoms with Crippen LogP contribution in [-0.2, 0) is 11.2 Å². The molecule has 94 valence electrons. The topological polar surface area (TPSA) is 29.1 Å². The molecule has 0 aromatic heterocycles. The molecule has 2 heteroatoms. The van der Waals surface area contributed by atoms with Crippen molar-refractivity contribution in [2.24, 2.45) is 0 Å². The van der Waals surface area contributed by atoms with Gasteiger partial charge in [0.15, 0.2) is 0 Å². The Morgan fingerprint density at radius 2 is 1.88 bits per heavy atom. The molecule has 1 rings (SSSR count). The zero-order chi connectivity index (χ0) is 12.3. The Morgan fingerprint density at radius 1 is 1.12 bits per heavy atom. The molecule has 0 unspecified atom stereocenters. The highest BCUT2D eigenvalue weighted by Gasteiger charge is 2.00. The summed E-state index contributed by atoms with van der Waals surface area (Å²) in [7, 11) is 0. The summed E-state index contributed by atoms with van der Waals surface area (Å²) in [4.78, 5) is 11.5. The number of amides is 1. The van der Waals surface area contributed by atoms with Crippen molar-refractivity contribution < 1.29 is 4.79 Å². The highest BCUT2D eigenvalue weighted by atomic mass is 16.1. The van der Waals surface area contributed by atoms with Gasteiger partial charge in [-0.1, -0.05) is 56.5 Å². The lowest BCUT2D eigenvalue weighted by Gasteiger charge is -2.05. The summed E-state index contributed by atoms with van der Waals surface area (Å²) in [6.07, 6.45) is 6.25. The van der Waals surface area contributed by atoms with Crippen molar-refractivity contribution in [2.45, 2.75) is 45.4 Å². The summed E-state index contributed by atoms with van der Waals surface area (Å²) in [5, 5.41) is 2.97. The molecule has 0 aliphatic heterocycles. The minimum atomic E-state index is 0.172. The number of carbonyl (C=O) groups excluding carboxylic acids is 1. The minimum absolute atomic E-state index is 0.172. The standard InChI is InChI=1S/C15H23NO/c1-2-3-4-8-13-16-15(17)12-11-14-9-6-5-7-10-14/h5-7,9-10H,2-4,8,11-13H2,1H3,(H,16,17). The number of hydrogen-bond acceptors (Lipinski definition) is 1. The van der Waals surface area contributed by atoms with Gasteiger partial charge in [0.05, 0.1) is 0 Å². The molecule has 0 saturated carbocycles. The van der Waals surface area contributed by atoms with Gasteiger partial charge in [-0.25, -0.2) is 0 Å². The molecular weight excluding hydrogens is 210 g/mol. The summed E-state index contributed by atoms with van der Waals surface area (Å²) in [5.41, 5.74) is 1.23. The van der Waals surface area contributed by atoms with Crippen molar-refractivity contribution in [2.75, 3.05) is 6.54 Å². The molecule has 0 aliphatic rings. The van der Waals surface area contributed by atoms with Crippen LogP contribution in [0, 0.1) is 0 Å². The molecule has 1 aromatic rings. The van der Waals surface area contributed by atoms with Gasteiger partial charge in [0, 0.05) is 13.0 Å². The van der Waals surface area contributed by atoms with E-state index < -0.39 is 0 Å². The Kier molecular flexibility index (Phi) is 7.12. The molecule has 1 N–H and O–H groups in total. The monoisotopic (exact) mass is 233 g/mol. The van der Waals surface area contributed by atoms with Crippen LogP contribution in [0.4, 0.5) is 0 Å². The van der Waals surface area contributed by atoms with Crippen LogP contribution in [0.15, 0.2) is 30.3 Å². The second-order valence-corrected chi connectivity index (χ2v) is 4.40. The lowest BCUT2D eigenvalue weighted by atomic mass is 10.1. The minimum Gasteiger partial charge on any atom is -0.356 e. The van der Waals surface area contributed by atoms with Crippen molar-refractivity contribution in [3.05, 3.63) is 35.9 Å². The van der Waals surface area contributed by atoms with Crippen LogP contribution < -0.4 is 5.32 Å². The van der Waals surface area contributed by atoms with Gasteiger partial charge in [-0.3, -0.25) is 4.79 Å². The molecule has 1 amide bonds. The van der Waals surface area contributed by atoms with Crippen molar-refractivity contribution >= 4 is 5.91 Å². The van der Waals surface area contributed by atoms with E-state index in [1.165, 1.54) is 24.8 Å². The normalized spacial score (nSPS) is 10.2. The molecule has 0 aliphatic carbocycles. The third-order valence-electron chi connectivity index (χ3n) is 2.84. The Labute approximate surface area is 104 Å². The molecule has 0 radical (unpaired) electrons. The Hall–Kier alpha value is -1.31. The molecule has 1 aromatic carbocycles. The maximum atomic E-state index is 11.5. The molecule has 17 heavy (non-hydrogen) atoms. The summed E-state index contributed by atoms with van der Waals surface area (Å²) in [6, 6.07) is 10.1. The molecule has 2 nitrogen and oxygen atoms in total. The number of benzene rings is 1. The first-order chi connectivity index (χ1) is 8.33. The van der Waals surface area contributed by atoms with E-state index in [0.717, 1.165) is 19.4 Å². The SMILES string of the molecule is CCCCCCNC(=O)CCc1ccccc1. The van der Waals surface area contributed by atoms with Crippen LogP contribution in [0.25, 0.3) is 0 Å². The van der Waals surface area contributed by atoms with Gasteiger partial charge in [-0.15, -0.1) is 0 Å². The first-order valence-electron chi connectivity index (χ1n) is 6.63. The van der Waals surface area contributed by atoms with Crippen LogP contribution >= 0.6 is 0 Å². The second-order valence-electron chi connectivity index (χ2n) is 4.40. The van der Waals surface area contributed by atoms with Crippen LogP contribution in [0.3, 0.4) is 0 Å². The largest absolute Gasteiger partial charge is 0.356 e. The second kappa shape index (κ2) is 8.80. The average molecular weight is 233 g/mol.